The molecule has 0 spiro atoms. The zero-order chi connectivity index (χ0) is 11.3. The molecule has 0 saturated heterocycles. The molecule has 1 rings (SSSR count). The van der Waals surface area contributed by atoms with Crippen molar-refractivity contribution in [3.05, 3.63) is 5.82 Å². The molecule has 0 amide bonds. The van der Waals surface area contributed by atoms with Gasteiger partial charge in [-0.25, -0.2) is 0 Å². The summed E-state index contributed by atoms with van der Waals surface area (Å²) in [6.07, 6.45) is 1.04. The van der Waals surface area contributed by atoms with E-state index in [1.54, 1.807) is 7.05 Å². The molecule has 2 N–H and O–H groups in total. The summed E-state index contributed by atoms with van der Waals surface area (Å²) in [6.45, 7) is 4.27. The third-order valence-electron chi connectivity index (χ3n) is 1.83. The molecular formula is C8H16N6S. The number of aromatic nitrogens is 4. The van der Waals surface area contributed by atoms with E-state index in [9.17, 15) is 0 Å². The monoisotopic (exact) mass is 228 g/mol. The topological polar surface area (TPSA) is 72.9 Å². The molecule has 0 aliphatic rings. The van der Waals surface area contributed by atoms with Crippen LogP contribution in [-0.2, 0) is 13.6 Å². The van der Waals surface area contributed by atoms with Crippen LogP contribution in [0.4, 0.5) is 0 Å². The molecule has 1 heterocycles. The van der Waals surface area contributed by atoms with Gasteiger partial charge in [-0.1, -0.05) is 19.1 Å². The summed E-state index contributed by atoms with van der Waals surface area (Å²) in [7, 11) is 1.74. The standard InChI is InChI=1S/C8H16N6S/c1-3-4-14(5-7(9)15)6-8-10-12-13(2)11-8/h3-6H2,1-2H3,(H2,9,15). The van der Waals surface area contributed by atoms with Crippen molar-refractivity contribution in [3.8, 4) is 0 Å². The molecular weight excluding hydrogens is 212 g/mol. The van der Waals surface area contributed by atoms with E-state index in [-0.39, 0.29) is 0 Å². The fraction of sp³-hybridized carbons (Fsp3) is 0.750. The molecule has 0 atom stereocenters. The molecule has 0 fully saturated rings. The zero-order valence-electron chi connectivity index (χ0n) is 9.05. The van der Waals surface area contributed by atoms with Crippen molar-refractivity contribution < 1.29 is 0 Å². The van der Waals surface area contributed by atoms with Gasteiger partial charge in [0.25, 0.3) is 0 Å². The van der Waals surface area contributed by atoms with Gasteiger partial charge in [0.05, 0.1) is 18.6 Å². The van der Waals surface area contributed by atoms with Crippen LogP contribution in [0.15, 0.2) is 0 Å². The Morgan fingerprint density at radius 3 is 2.80 bits per heavy atom. The molecule has 0 bridgehead atoms. The number of nitrogens with two attached hydrogens (primary N) is 1. The Morgan fingerprint density at radius 2 is 2.33 bits per heavy atom. The third kappa shape index (κ3) is 4.30. The molecule has 0 unspecified atom stereocenters. The second-order valence-electron chi connectivity index (χ2n) is 3.37. The highest BCUT2D eigenvalue weighted by Gasteiger charge is 2.09. The highest BCUT2D eigenvalue weighted by molar-refractivity contribution is 7.80. The number of tetrazole rings is 1. The van der Waals surface area contributed by atoms with E-state index in [0.717, 1.165) is 13.0 Å². The van der Waals surface area contributed by atoms with Crippen LogP contribution in [0.1, 0.15) is 19.2 Å². The van der Waals surface area contributed by atoms with Crippen LogP contribution in [0.25, 0.3) is 0 Å². The molecule has 7 heteroatoms. The van der Waals surface area contributed by atoms with Gasteiger partial charge in [-0.2, -0.15) is 4.80 Å². The van der Waals surface area contributed by atoms with Gasteiger partial charge in [-0.3, -0.25) is 4.90 Å². The van der Waals surface area contributed by atoms with Crippen molar-refractivity contribution in [2.75, 3.05) is 13.1 Å². The lowest BCUT2D eigenvalue weighted by Crippen LogP contribution is -2.33. The molecule has 1 aromatic heterocycles. The van der Waals surface area contributed by atoms with Gasteiger partial charge in [0.2, 0.25) is 0 Å². The number of hydrogen-bond donors (Lipinski definition) is 1. The summed E-state index contributed by atoms with van der Waals surface area (Å²) in [4.78, 5) is 4.05. The first kappa shape index (κ1) is 12.0. The summed E-state index contributed by atoms with van der Waals surface area (Å²) in [6, 6.07) is 0. The zero-order valence-corrected chi connectivity index (χ0v) is 9.87. The highest BCUT2D eigenvalue weighted by atomic mass is 32.1. The molecule has 0 aromatic carbocycles. The Kier molecular flexibility index (Phi) is 4.57. The van der Waals surface area contributed by atoms with Gasteiger partial charge in [0.15, 0.2) is 5.82 Å². The maximum absolute atomic E-state index is 5.51. The van der Waals surface area contributed by atoms with E-state index >= 15 is 0 Å². The van der Waals surface area contributed by atoms with Crippen LogP contribution in [0, 0.1) is 0 Å². The van der Waals surface area contributed by atoms with Crippen molar-refractivity contribution in [1.29, 1.82) is 0 Å². The Morgan fingerprint density at radius 1 is 1.60 bits per heavy atom. The molecule has 84 valence electrons. The lowest BCUT2D eigenvalue weighted by Gasteiger charge is -2.18. The van der Waals surface area contributed by atoms with E-state index in [4.69, 9.17) is 18.0 Å². The van der Waals surface area contributed by atoms with Gasteiger partial charge < -0.3 is 5.73 Å². The second kappa shape index (κ2) is 5.72. The van der Waals surface area contributed by atoms with Crippen LogP contribution in [0.2, 0.25) is 0 Å². The number of aryl methyl sites for hydroxylation is 1. The molecule has 0 aliphatic carbocycles. The third-order valence-corrected chi connectivity index (χ3v) is 1.96. The maximum Gasteiger partial charge on any atom is 0.188 e. The van der Waals surface area contributed by atoms with Crippen LogP contribution in [-0.4, -0.2) is 43.2 Å². The van der Waals surface area contributed by atoms with E-state index in [0.29, 0.717) is 23.9 Å². The van der Waals surface area contributed by atoms with Gasteiger partial charge in [0, 0.05) is 6.54 Å². The van der Waals surface area contributed by atoms with Crippen LogP contribution < -0.4 is 5.73 Å². The highest BCUT2D eigenvalue weighted by Crippen LogP contribution is 1.98. The first-order valence-corrected chi connectivity index (χ1v) is 5.26. The van der Waals surface area contributed by atoms with Crippen LogP contribution in [0.5, 0.6) is 0 Å². The maximum atomic E-state index is 5.51. The summed E-state index contributed by atoms with van der Waals surface area (Å²) < 4.78 is 0. The summed E-state index contributed by atoms with van der Waals surface area (Å²) in [5, 5.41) is 11.8. The average molecular weight is 228 g/mol. The Bertz CT molecular complexity index is 323. The quantitative estimate of drug-likeness (QED) is 0.674. The molecule has 0 saturated carbocycles. The van der Waals surface area contributed by atoms with Crippen molar-refractivity contribution in [2.45, 2.75) is 19.9 Å². The largest absolute Gasteiger partial charge is 0.392 e. The van der Waals surface area contributed by atoms with Crippen molar-refractivity contribution in [2.24, 2.45) is 12.8 Å². The van der Waals surface area contributed by atoms with Gasteiger partial charge in [0.1, 0.15) is 0 Å². The minimum Gasteiger partial charge on any atom is -0.392 e. The Balaban J connectivity index is 2.53. The van der Waals surface area contributed by atoms with Gasteiger partial charge >= 0.3 is 0 Å². The molecule has 0 aliphatic heterocycles. The van der Waals surface area contributed by atoms with Gasteiger partial charge in [-0.15, -0.1) is 10.2 Å². The number of thiocarbonyl (C=S) groups is 1. The smallest absolute Gasteiger partial charge is 0.188 e. The number of hydrogen-bond acceptors (Lipinski definition) is 5. The van der Waals surface area contributed by atoms with E-state index in [1.165, 1.54) is 4.80 Å². The fourth-order valence-corrected chi connectivity index (χ4v) is 1.52. The van der Waals surface area contributed by atoms with Crippen LogP contribution in [0.3, 0.4) is 0 Å². The minimum absolute atomic E-state index is 0.493. The minimum atomic E-state index is 0.493. The first-order valence-electron chi connectivity index (χ1n) is 4.85. The lowest BCUT2D eigenvalue weighted by atomic mass is 10.4. The Hall–Kier alpha value is -1.08. The predicted molar refractivity (Wildman–Crippen MR) is 61.2 cm³/mol. The fourth-order valence-electron chi connectivity index (χ4n) is 1.34. The SMILES string of the molecule is CCCN(CC(N)=S)Cc1nnn(C)n1. The molecule has 0 radical (unpaired) electrons. The average Bonchev–Trinajstić information content (AvgIpc) is 2.50. The van der Waals surface area contributed by atoms with E-state index in [2.05, 4.69) is 27.2 Å². The van der Waals surface area contributed by atoms with Crippen molar-refractivity contribution >= 4 is 17.2 Å². The van der Waals surface area contributed by atoms with E-state index < -0.39 is 0 Å². The molecule has 6 nitrogen and oxygen atoms in total. The van der Waals surface area contributed by atoms with Crippen molar-refractivity contribution in [3.63, 3.8) is 0 Å². The van der Waals surface area contributed by atoms with Crippen LogP contribution >= 0.6 is 12.2 Å². The van der Waals surface area contributed by atoms with Crippen molar-refractivity contribution in [1.82, 2.24) is 25.1 Å². The molecule has 15 heavy (non-hydrogen) atoms. The Labute approximate surface area is 94.4 Å². The first-order chi connectivity index (χ1) is 7.11. The summed E-state index contributed by atoms with van der Waals surface area (Å²) in [5.41, 5.74) is 5.51. The van der Waals surface area contributed by atoms with Gasteiger partial charge in [-0.05, 0) is 18.2 Å². The lowest BCUT2D eigenvalue weighted by molar-refractivity contribution is 0.296. The normalized spacial score (nSPS) is 10.9. The second-order valence-corrected chi connectivity index (χ2v) is 3.90. The number of nitrogens with zero attached hydrogens (tertiary/aromatic N) is 5. The predicted octanol–water partition coefficient (Wildman–Crippen LogP) is -0.292. The number of rotatable bonds is 6. The summed E-state index contributed by atoms with van der Waals surface area (Å²) in [5.74, 6) is 0.696. The van der Waals surface area contributed by atoms with E-state index in [1.807, 2.05) is 0 Å². The molecule has 1 aromatic rings. The summed E-state index contributed by atoms with van der Waals surface area (Å²) >= 11 is 4.88.